The first-order valence-corrected chi connectivity index (χ1v) is 4.65. The number of rotatable bonds is 2. The van der Waals surface area contributed by atoms with Crippen LogP contribution in [0.4, 0.5) is 0 Å². The van der Waals surface area contributed by atoms with E-state index in [1.54, 1.807) is 0 Å². The van der Waals surface area contributed by atoms with Crippen LogP contribution >= 0.6 is 0 Å². The van der Waals surface area contributed by atoms with Crippen LogP contribution in [0.3, 0.4) is 0 Å². The topological polar surface area (TPSA) is 52.3 Å². The number of hydrogen-bond acceptors (Lipinski definition) is 3. The van der Waals surface area contributed by atoms with Crippen LogP contribution in [0.1, 0.15) is 17.0 Å². The number of methoxy groups -OCH3 is 1. The Morgan fingerprint density at radius 3 is 2.93 bits per heavy atom. The van der Waals surface area contributed by atoms with E-state index in [1.165, 1.54) is 18.2 Å². The van der Waals surface area contributed by atoms with E-state index < -0.39 is 6.04 Å². The zero-order valence-electron chi connectivity index (χ0n) is 8.07. The summed E-state index contributed by atoms with van der Waals surface area (Å²) in [5.74, 6) is -0.192. The number of nitrogens with two attached hydrogens (primary N) is 1. The molecule has 0 spiro atoms. The molecule has 0 saturated carbocycles. The summed E-state index contributed by atoms with van der Waals surface area (Å²) in [4.78, 5) is 11.2. The predicted molar refractivity (Wildman–Crippen MR) is 52.9 cm³/mol. The van der Waals surface area contributed by atoms with Gasteiger partial charge in [0, 0.05) is 5.92 Å². The number of carbonyl (C=O) groups is 1. The molecule has 0 bridgehead atoms. The average molecular weight is 191 g/mol. The highest BCUT2D eigenvalue weighted by Crippen LogP contribution is 2.36. The first-order chi connectivity index (χ1) is 6.74. The Bertz CT molecular complexity index is 362. The highest BCUT2D eigenvalue weighted by atomic mass is 16.5. The number of esters is 1. The lowest BCUT2D eigenvalue weighted by Crippen LogP contribution is -2.42. The Labute approximate surface area is 82.9 Å². The Kier molecular flexibility index (Phi) is 2.25. The van der Waals surface area contributed by atoms with Crippen LogP contribution in [0.25, 0.3) is 0 Å². The second-order valence-corrected chi connectivity index (χ2v) is 3.56. The Balaban J connectivity index is 2.15. The van der Waals surface area contributed by atoms with E-state index in [4.69, 9.17) is 5.73 Å². The van der Waals surface area contributed by atoms with Gasteiger partial charge in [0.1, 0.15) is 6.04 Å². The lowest BCUT2D eigenvalue weighted by Gasteiger charge is -2.33. The second-order valence-electron chi connectivity index (χ2n) is 3.56. The van der Waals surface area contributed by atoms with Crippen molar-refractivity contribution < 1.29 is 9.53 Å². The summed E-state index contributed by atoms with van der Waals surface area (Å²) < 4.78 is 4.62. The van der Waals surface area contributed by atoms with Crippen LogP contribution in [-0.2, 0) is 16.0 Å². The molecule has 0 amide bonds. The molecule has 0 saturated heterocycles. The summed E-state index contributed by atoms with van der Waals surface area (Å²) in [6, 6.07) is 7.53. The van der Waals surface area contributed by atoms with Crippen molar-refractivity contribution in [2.45, 2.75) is 18.4 Å². The second kappa shape index (κ2) is 3.42. The van der Waals surface area contributed by atoms with Crippen molar-refractivity contribution in [1.29, 1.82) is 0 Å². The van der Waals surface area contributed by atoms with Crippen LogP contribution in [0.2, 0.25) is 0 Å². The van der Waals surface area contributed by atoms with E-state index in [0.29, 0.717) is 0 Å². The van der Waals surface area contributed by atoms with Crippen molar-refractivity contribution in [2.24, 2.45) is 5.73 Å². The standard InChI is InChI=1S/C11H13NO2/c1-14-11(13)10(12)9-6-7-4-2-3-5-8(7)9/h2-5,9-10H,6,12H2,1H3/t9-,10+/m0/s1. The van der Waals surface area contributed by atoms with Gasteiger partial charge in [-0.3, -0.25) is 4.79 Å². The third kappa shape index (κ3) is 1.30. The minimum atomic E-state index is -0.519. The molecule has 3 heteroatoms. The summed E-state index contributed by atoms with van der Waals surface area (Å²) in [6.07, 6.45) is 0.881. The smallest absolute Gasteiger partial charge is 0.323 e. The van der Waals surface area contributed by atoms with Gasteiger partial charge in [-0.05, 0) is 17.5 Å². The van der Waals surface area contributed by atoms with Crippen molar-refractivity contribution in [3.63, 3.8) is 0 Å². The average Bonchev–Trinajstić information content (AvgIpc) is 2.18. The van der Waals surface area contributed by atoms with Crippen molar-refractivity contribution in [3.05, 3.63) is 35.4 Å². The molecule has 74 valence electrons. The van der Waals surface area contributed by atoms with Gasteiger partial charge in [-0.1, -0.05) is 24.3 Å². The SMILES string of the molecule is COC(=O)[C@H](N)[C@H]1Cc2ccccc21. The lowest BCUT2D eigenvalue weighted by atomic mass is 9.74. The van der Waals surface area contributed by atoms with E-state index in [2.05, 4.69) is 10.8 Å². The predicted octanol–water partition coefficient (Wildman–Crippen LogP) is 0.827. The Hall–Kier alpha value is -1.35. The zero-order valence-corrected chi connectivity index (χ0v) is 8.07. The molecule has 1 aliphatic rings. The monoisotopic (exact) mass is 191 g/mol. The molecule has 3 nitrogen and oxygen atoms in total. The van der Waals surface area contributed by atoms with Gasteiger partial charge in [0.05, 0.1) is 7.11 Å². The molecule has 0 unspecified atom stereocenters. The molecule has 0 radical (unpaired) electrons. The van der Waals surface area contributed by atoms with Gasteiger partial charge in [0.15, 0.2) is 0 Å². The minimum Gasteiger partial charge on any atom is -0.468 e. The third-order valence-corrected chi connectivity index (χ3v) is 2.80. The minimum absolute atomic E-state index is 0.138. The number of carbonyl (C=O) groups excluding carboxylic acids is 1. The molecule has 1 aromatic carbocycles. The summed E-state index contributed by atoms with van der Waals surface area (Å²) >= 11 is 0. The van der Waals surface area contributed by atoms with E-state index in [0.717, 1.165) is 6.42 Å². The van der Waals surface area contributed by atoms with E-state index in [9.17, 15) is 4.79 Å². The van der Waals surface area contributed by atoms with Gasteiger partial charge in [-0.2, -0.15) is 0 Å². The van der Waals surface area contributed by atoms with Crippen LogP contribution in [-0.4, -0.2) is 19.1 Å². The molecule has 2 rings (SSSR count). The quantitative estimate of drug-likeness (QED) is 0.704. The number of hydrogen-bond donors (Lipinski definition) is 1. The molecular weight excluding hydrogens is 178 g/mol. The van der Waals surface area contributed by atoms with Gasteiger partial charge in [-0.25, -0.2) is 0 Å². The number of fused-ring (bicyclic) bond motifs is 1. The summed E-state index contributed by atoms with van der Waals surface area (Å²) in [5.41, 5.74) is 8.25. The largest absolute Gasteiger partial charge is 0.468 e. The first-order valence-electron chi connectivity index (χ1n) is 4.65. The lowest BCUT2D eigenvalue weighted by molar-refractivity contribution is -0.142. The van der Waals surface area contributed by atoms with E-state index >= 15 is 0 Å². The van der Waals surface area contributed by atoms with Crippen molar-refractivity contribution in [3.8, 4) is 0 Å². The molecule has 2 N–H and O–H groups in total. The fraction of sp³-hybridized carbons (Fsp3) is 0.364. The van der Waals surface area contributed by atoms with Crippen molar-refractivity contribution >= 4 is 5.97 Å². The number of ether oxygens (including phenoxy) is 1. The first kappa shape index (κ1) is 9.21. The fourth-order valence-electron chi connectivity index (χ4n) is 1.92. The third-order valence-electron chi connectivity index (χ3n) is 2.80. The van der Waals surface area contributed by atoms with Crippen molar-refractivity contribution in [1.82, 2.24) is 0 Å². The summed E-state index contributed by atoms with van der Waals surface area (Å²) in [7, 11) is 1.37. The molecule has 2 atom stereocenters. The zero-order chi connectivity index (χ0) is 10.1. The normalized spacial score (nSPS) is 20.6. The van der Waals surface area contributed by atoms with Crippen LogP contribution < -0.4 is 5.73 Å². The summed E-state index contributed by atoms with van der Waals surface area (Å²) in [6.45, 7) is 0. The Morgan fingerprint density at radius 2 is 2.29 bits per heavy atom. The molecule has 0 aliphatic heterocycles. The van der Waals surface area contributed by atoms with E-state index in [1.807, 2.05) is 18.2 Å². The maximum absolute atomic E-state index is 11.2. The maximum Gasteiger partial charge on any atom is 0.323 e. The van der Waals surface area contributed by atoms with Gasteiger partial charge >= 0.3 is 5.97 Å². The molecular formula is C11H13NO2. The van der Waals surface area contributed by atoms with Crippen LogP contribution in [0, 0.1) is 0 Å². The molecule has 0 heterocycles. The van der Waals surface area contributed by atoms with Gasteiger partial charge in [-0.15, -0.1) is 0 Å². The van der Waals surface area contributed by atoms with Gasteiger partial charge in [0.2, 0.25) is 0 Å². The van der Waals surface area contributed by atoms with Gasteiger partial charge < -0.3 is 10.5 Å². The van der Waals surface area contributed by atoms with Gasteiger partial charge in [0.25, 0.3) is 0 Å². The molecule has 0 aromatic heterocycles. The highest BCUT2D eigenvalue weighted by Gasteiger charge is 2.34. The summed E-state index contributed by atoms with van der Waals surface area (Å²) in [5, 5.41) is 0. The number of benzene rings is 1. The van der Waals surface area contributed by atoms with E-state index in [-0.39, 0.29) is 11.9 Å². The fourth-order valence-corrected chi connectivity index (χ4v) is 1.92. The molecule has 1 aromatic rings. The van der Waals surface area contributed by atoms with Crippen molar-refractivity contribution in [2.75, 3.05) is 7.11 Å². The van der Waals surface area contributed by atoms with Crippen LogP contribution in [0.15, 0.2) is 24.3 Å². The molecule has 1 aliphatic carbocycles. The Morgan fingerprint density at radius 1 is 1.57 bits per heavy atom. The molecule has 14 heavy (non-hydrogen) atoms. The highest BCUT2D eigenvalue weighted by molar-refractivity contribution is 5.77. The van der Waals surface area contributed by atoms with Crippen LogP contribution in [0.5, 0.6) is 0 Å². The maximum atomic E-state index is 11.2. The molecule has 0 fully saturated rings.